The summed E-state index contributed by atoms with van der Waals surface area (Å²) in [5, 5.41) is 12.8. The molecule has 1 aliphatic carbocycles. The van der Waals surface area contributed by atoms with Gasteiger partial charge in [-0.2, -0.15) is 0 Å². The van der Waals surface area contributed by atoms with Crippen LogP contribution in [0.1, 0.15) is 64.2 Å². The predicted molar refractivity (Wildman–Crippen MR) is 139 cm³/mol. The minimum absolute atomic E-state index is 0.0598. The zero-order valence-corrected chi connectivity index (χ0v) is 21.7. The summed E-state index contributed by atoms with van der Waals surface area (Å²) < 4.78 is 0. The van der Waals surface area contributed by atoms with E-state index in [-0.39, 0.29) is 17.2 Å². The summed E-state index contributed by atoms with van der Waals surface area (Å²) in [4.78, 5) is 27.2. The number of carbonyl (C=O) groups is 2. The second kappa shape index (κ2) is 10.2. The van der Waals surface area contributed by atoms with Crippen LogP contribution in [0, 0.1) is 30.1 Å². The zero-order valence-electron chi connectivity index (χ0n) is 21.7. The first-order chi connectivity index (χ1) is 15.9. The SMILES string of the molecule is Cc1ccc(CC(=O)Nc2cc([C@@H]3[C@@H](C(=O)O)C3(C)C)ccc2N(CC(C)C)CC(C)C)cc1. The number of carboxylic acid groups (broad SMARTS) is 1. The number of aryl methyl sites for hydroxylation is 1. The number of carboxylic acids is 1. The Labute approximate surface area is 204 Å². The highest BCUT2D eigenvalue weighted by Gasteiger charge is 2.62. The Balaban J connectivity index is 1.95. The van der Waals surface area contributed by atoms with Crippen molar-refractivity contribution in [2.24, 2.45) is 23.2 Å². The van der Waals surface area contributed by atoms with Gasteiger partial charge in [-0.3, -0.25) is 9.59 Å². The third-order valence-electron chi connectivity index (χ3n) is 6.74. The lowest BCUT2D eigenvalue weighted by Crippen LogP contribution is -2.32. The monoisotopic (exact) mass is 464 g/mol. The number of hydrogen-bond acceptors (Lipinski definition) is 3. The average molecular weight is 465 g/mol. The fraction of sp³-hybridized carbons (Fsp3) is 0.517. The Hall–Kier alpha value is -2.82. The summed E-state index contributed by atoms with van der Waals surface area (Å²) in [6.07, 6.45) is 0.297. The summed E-state index contributed by atoms with van der Waals surface area (Å²) in [6.45, 7) is 16.6. The number of aliphatic carboxylic acids is 1. The van der Waals surface area contributed by atoms with Crippen LogP contribution in [0.2, 0.25) is 0 Å². The van der Waals surface area contributed by atoms with E-state index in [1.165, 1.54) is 0 Å². The molecule has 34 heavy (non-hydrogen) atoms. The molecule has 0 unspecified atom stereocenters. The number of amides is 1. The van der Waals surface area contributed by atoms with Gasteiger partial charge < -0.3 is 15.3 Å². The van der Waals surface area contributed by atoms with Crippen molar-refractivity contribution in [3.05, 3.63) is 59.2 Å². The lowest BCUT2D eigenvalue weighted by Gasteiger charge is -2.31. The van der Waals surface area contributed by atoms with E-state index in [1.807, 2.05) is 57.2 Å². The molecule has 184 valence electrons. The first-order valence-corrected chi connectivity index (χ1v) is 12.4. The quantitative estimate of drug-likeness (QED) is 0.444. The summed E-state index contributed by atoms with van der Waals surface area (Å²) in [5.74, 6) is -0.361. The van der Waals surface area contributed by atoms with Crippen LogP contribution in [0.4, 0.5) is 11.4 Å². The molecule has 5 nitrogen and oxygen atoms in total. The molecule has 5 heteroatoms. The maximum Gasteiger partial charge on any atom is 0.307 e. The Bertz CT molecular complexity index is 1010. The van der Waals surface area contributed by atoms with Crippen molar-refractivity contribution in [3.8, 4) is 0 Å². The molecule has 2 N–H and O–H groups in total. The smallest absolute Gasteiger partial charge is 0.307 e. The number of hydrogen-bond donors (Lipinski definition) is 2. The minimum Gasteiger partial charge on any atom is -0.481 e. The molecular weight excluding hydrogens is 424 g/mol. The lowest BCUT2D eigenvalue weighted by atomic mass is 10.0. The van der Waals surface area contributed by atoms with Gasteiger partial charge in [-0.25, -0.2) is 0 Å². The molecule has 1 amide bonds. The summed E-state index contributed by atoms with van der Waals surface area (Å²) >= 11 is 0. The molecular formula is C29H40N2O3. The van der Waals surface area contributed by atoms with Crippen molar-refractivity contribution >= 4 is 23.3 Å². The van der Waals surface area contributed by atoms with Gasteiger partial charge in [0, 0.05) is 19.0 Å². The maximum absolute atomic E-state index is 13.1. The van der Waals surface area contributed by atoms with Crippen molar-refractivity contribution in [2.75, 3.05) is 23.3 Å². The highest BCUT2D eigenvalue weighted by molar-refractivity contribution is 5.96. The van der Waals surface area contributed by atoms with Crippen molar-refractivity contribution in [1.82, 2.24) is 0 Å². The fourth-order valence-electron chi connectivity index (χ4n) is 5.08. The van der Waals surface area contributed by atoms with E-state index in [1.54, 1.807) is 0 Å². The topological polar surface area (TPSA) is 69.6 Å². The molecule has 3 rings (SSSR count). The van der Waals surface area contributed by atoms with Gasteiger partial charge in [0.2, 0.25) is 5.91 Å². The molecule has 0 spiro atoms. The van der Waals surface area contributed by atoms with Crippen LogP contribution in [0.3, 0.4) is 0 Å². The van der Waals surface area contributed by atoms with Crippen LogP contribution in [0.15, 0.2) is 42.5 Å². The second-order valence-electron chi connectivity index (χ2n) is 11.3. The van der Waals surface area contributed by atoms with Crippen LogP contribution < -0.4 is 10.2 Å². The average Bonchev–Trinajstić information content (AvgIpc) is 3.31. The second-order valence-corrected chi connectivity index (χ2v) is 11.3. The van der Waals surface area contributed by atoms with Crippen LogP contribution in [-0.2, 0) is 16.0 Å². The number of nitrogens with one attached hydrogen (secondary N) is 1. The first-order valence-electron chi connectivity index (χ1n) is 12.4. The maximum atomic E-state index is 13.1. The Morgan fingerprint density at radius 3 is 2.09 bits per heavy atom. The van der Waals surface area contributed by atoms with Crippen LogP contribution >= 0.6 is 0 Å². The van der Waals surface area contributed by atoms with Gasteiger partial charge in [0.05, 0.1) is 23.7 Å². The molecule has 0 aromatic heterocycles. The van der Waals surface area contributed by atoms with Crippen molar-refractivity contribution in [2.45, 2.75) is 60.8 Å². The molecule has 1 saturated carbocycles. The van der Waals surface area contributed by atoms with E-state index >= 15 is 0 Å². The van der Waals surface area contributed by atoms with Crippen LogP contribution in [0.25, 0.3) is 0 Å². The van der Waals surface area contributed by atoms with Gasteiger partial charge >= 0.3 is 5.97 Å². The van der Waals surface area contributed by atoms with Crippen LogP contribution in [-0.4, -0.2) is 30.1 Å². The summed E-state index contributed by atoms with van der Waals surface area (Å²) in [6, 6.07) is 14.1. The molecule has 1 fully saturated rings. The Morgan fingerprint density at radius 2 is 1.59 bits per heavy atom. The number of anilines is 2. The van der Waals surface area contributed by atoms with E-state index < -0.39 is 11.9 Å². The normalized spacial score (nSPS) is 18.7. The Kier molecular flexibility index (Phi) is 7.74. The van der Waals surface area contributed by atoms with E-state index in [4.69, 9.17) is 0 Å². The highest BCUT2D eigenvalue weighted by Crippen LogP contribution is 2.64. The number of rotatable bonds is 10. The highest BCUT2D eigenvalue weighted by atomic mass is 16.4. The van der Waals surface area contributed by atoms with Crippen molar-refractivity contribution in [3.63, 3.8) is 0 Å². The summed E-state index contributed by atoms with van der Waals surface area (Å²) in [5.41, 5.74) is 4.57. The number of carbonyl (C=O) groups excluding carboxylic acids is 1. The third kappa shape index (κ3) is 5.99. The van der Waals surface area contributed by atoms with Gasteiger partial charge in [-0.05, 0) is 47.4 Å². The molecule has 2 atom stereocenters. The lowest BCUT2D eigenvalue weighted by molar-refractivity contribution is -0.139. The molecule has 0 heterocycles. The van der Waals surface area contributed by atoms with E-state index in [2.05, 4.69) is 44.0 Å². The number of nitrogens with zero attached hydrogens (tertiary/aromatic N) is 1. The molecule has 0 bridgehead atoms. The molecule has 2 aromatic rings. The zero-order chi connectivity index (χ0) is 25.2. The van der Waals surface area contributed by atoms with Crippen LogP contribution in [0.5, 0.6) is 0 Å². The number of benzene rings is 2. The molecule has 2 aromatic carbocycles. The summed E-state index contributed by atoms with van der Waals surface area (Å²) in [7, 11) is 0. The van der Waals surface area contributed by atoms with E-state index in [0.29, 0.717) is 18.3 Å². The fourth-order valence-corrected chi connectivity index (χ4v) is 5.08. The van der Waals surface area contributed by atoms with Gasteiger partial charge in [-0.1, -0.05) is 77.4 Å². The Morgan fingerprint density at radius 1 is 1.00 bits per heavy atom. The van der Waals surface area contributed by atoms with E-state index in [9.17, 15) is 14.7 Å². The molecule has 0 saturated heterocycles. The molecule has 1 aliphatic rings. The largest absolute Gasteiger partial charge is 0.481 e. The van der Waals surface area contributed by atoms with Crippen molar-refractivity contribution < 1.29 is 14.7 Å². The van der Waals surface area contributed by atoms with Crippen molar-refractivity contribution in [1.29, 1.82) is 0 Å². The third-order valence-corrected chi connectivity index (χ3v) is 6.74. The standard InChI is InChI=1S/C29H40N2O3/c1-18(2)16-31(17-19(3)4)24-13-12-22(26-27(28(33)34)29(26,6)7)15-23(24)30-25(32)14-21-10-8-20(5)9-11-21/h8-13,15,18-19,26-27H,14,16-17H2,1-7H3,(H,30,32)(H,33,34)/t26-,27+/m1/s1. The predicted octanol–water partition coefficient (Wildman–Crippen LogP) is 6.12. The minimum atomic E-state index is -0.759. The van der Waals surface area contributed by atoms with Gasteiger partial charge in [0.1, 0.15) is 0 Å². The molecule has 0 aliphatic heterocycles. The van der Waals surface area contributed by atoms with E-state index in [0.717, 1.165) is 41.2 Å². The van der Waals surface area contributed by atoms with Gasteiger partial charge in [-0.15, -0.1) is 0 Å². The molecule has 0 radical (unpaired) electrons. The van der Waals surface area contributed by atoms with Gasteiger partial charge in [0.25, 0.3) is 0 Å². The van der Waals surface area contributed by atoms with Gasteiger partial charge in [0.15, 0.2) is 0 Å². The first kappa shape index (κ1) is 25.8.